The molecule has 3 rings (SSSR count). The number of nitrogens with zero attached hydrogens (tertiary/aromatic N) is 2. The number of ether oxygens (including phenoxy) is 1. The number of aromatic nitrogens is 1. The predicted molar refractivity (Wildman–Crippen MR) is 109 cm³/mol. The minimum atomic E-state index is -1.88. The number of hydrogen-bond donors (Lipinski definition) is 0. The molecule has 2 heterocycles. The lowest BCUT2D eigenvalue weighted by Crippen LogP contribution is -2.44. The molecule has 0 saturated carbocycles. The third-order valence-electron chi connectivity index (χ3n) is 5.96. The summed E-state index contributed by atoms with van der Waals surface area (Å²) in [6.07, 6.45) is 0. The fourth-order valence-corrected chi connectivity index (χ4v) is 4.16. The van der Waals surface area contributed by atoms with Gasteiger partial charge in [-0.05, 0) is 43.3 Å². The van der Waals surface area contributed by atoms with Crippen molar-refractivity contribution in [2.24, 2.45) is 7.05 Å². The van der Waals surface area contributed by atoms with E-state index in [1.54, 1.807) is 0 Å². The highest BCUT2D eigenvalue weighted by molar-refractivity contribution is 6.74. The van der Waals surface area contributed by atoms with Gasteiger partial charge in [0.05, 0.1) is 24.4 Å². The average Bonchev–Trinajstić information content (AvgIpc) is 2.79. The quantitative estimate of drug-likeness (QED) is 0.742. The number of aryl methyl sites for hydroxylation is 1. The summed E-state index contributed by atoms with van der Waals surface area (Å²) in [6.45, 7) is 17.2. The highest BCUT2D eigenvalue weighted by Gasteiger charge is 2.40. The molecule has 25 heavy (non-hydrogen) atoms. The third kappa shape index (κ3) is 3.32. The Kier molecular flexibility index (Phi) is 4.66. The van der Waals surface area contributed by atoms with Crippen molar-refractivity contribution in [1.29, 1.82) is 0 Å². The van der Waals surface area contributed by atoms with E-state index in [2.05, 4.69) is 75.5 Å². The first-order valence-corrected chi connectivity index (χ1v) is 12.1. The summed E-state index contributed by atoms with van der Waals surface area (Å²) in [5.74, 6) is 1.07. The van der Waals surface area contributed by atoms with E-state index in [1.807, 2.05) is 0 Å². The van der Waals surface area contributed by atoms with Crippen molar-refractivity contribution in [3.05, 3.63) is 23.9 Å². The molecular weight excluding hydrogens is 328 g/mol. The second-order valence-corrected chi connectivity index (χ2v) is 13.4. The van der Waals surface area contributed by atoms with Crippen LogP contribution in [0.3, 0.4) is 0 Å². The standard InChI is InChI=1S/C20H32N2O2Si/c1-15-19(24-25(6,7)20(2,3)4)17-14-16(8-9-18(17)21(15)5)22-10-12-23-13-11-22/h8-9,14H,10-13H2,1-7H3. The molecule has 1 aliphatic rings. The van der Waals surface area contributed by atoms with Crippen LogP contribution in [0.1, 0.15) is 26.5 Å². The van der Waals surface area contributed by atoms with E-state index < -0.39 is 8.32 Å². The monoisotopic (exact) mass is 360 g/mol. The zero-order valence-electron chi connectivity index (χ0n) is 16.8. The zero-order chi connectivity index (χ0) is 18.4. The van der Waals surface area contributed by atoms with Gasteiger partial charge in [-0.2, -0.15) is 0 Å². The lowest BCUT2D eigenvalue weighted by atomic mass is 10.2. The summed E-state index contributed by atoms with van der Waals surface area (Å²) in [5.41, 5.74) is 3.71. The SMILES string of the molecule is Cc1c(O[Si](C)(C)C(C)(C)C)c2cc(N3CCOCC3)ccc2n1C. The third-order valence-corrected chi connectivity index (χ3v) is 10.3. The topological polar surface area (TPSA) is 26.6 Å². The second kappa shape index (κ2) is 6.36. The molecule has 0 spiro atoms. The zero-order valence-corrected chi connectivity index (χ0v) is 17.8. The van der Waals surface area contributed by atoms with Crippen LogP contribution in [0.4, 0.5) is 5.69 Å². The fourth-order valence-electron chi connectivity index (χ4n) is 3.08. The molecule has 1 fully saturated rings. The average molecular weight is 361 g/mol. The minimum absolute atomic E-state index is 0.184. The van der Waals surface area contributed by atoms with Gasteiger partial charge in [-0.15, -0.1) is 0 Å². The maximum absolute atomic E-state index is 6.75. The van der Waals surface area contributed by atoms with Gasteiger partial charge in [-0.25, -0.2) is 0 Å². The number of morpholine rings is 1. The molecule has 5 heteroatoms. The Morgan fingerprint density at radius 3 is 2.36 bits per heavy atom. The molecule has 1 saturated heterocycles. The molecule has 1 aromatic heterocycles. The van der Waals surface area contributed by atoms with Gasteiger partial charge in [0.1, 0.15) is 5.75 Å². The smallest absolute Gasteiger partial charge is 0.250 e. The van der Waals surface area contributed by atoms with E-state index in [4.69, 9.17) is 9.16 Å². The number of benzene rings is 1. The van der Waals surface area contributed by atoms with Crippen molar-refractivity contribution in [2.75, 3.05) is 31.2 Å². The molecule has 0 unspecified atom stereocenters. The number of hydrogen-bond acceptors (Lipinski definition) is 3. The highest BCUT2D eigenvalue weighted by atomic mass is 28.4. The molecular formula is C20H32N2O2Si. The van der Waals surface area contributed by atoms with Crippen LogP contribution in [0.5, 0.6) is 5.75 Å². The Morgan fingerprint density at radius 1 is 1.12 bits per heavy atom. The Labute approximate surface area is 152 Å². The van der Waals surface area contributed by atoms with Crippen LogP contribution in [-0.2, 0) is 11.8 Å². The van der Waals surface area contributed by atoms with Crippen molar-refractivity contribution in [3.8, 4) is 5.75 Å². The first kappa shape index (κ1) is 18.3. The van der Waals surface area contributed by atoms with Crippen LogP contribution in [0.15, 0.2) is 18.2 Å². The van der Waals surface area contributed by atoms with E-state index in [9.17, 15) is 0 Å². The molecule has 0 amide bonds. The molecule has 0 atom stereocenters. The first-order valence-electron chi connectivity index (χ1n) is 9.22. The van der Waals surface area contributed by atoms with Crippen LogP contribution >= 0.6 is 0 Å². The van der Waals surface area contributed by atoms with Gasteiger partial charge < -0.3 is 18.6 Å². The minimum Gasteiger partial charge on any atom is -0.542 e. The van der Waals surface area contributed by atoms with Crippen LogP contribution in [-0.4, -0.2) is 39.2 Å². The molecule has 138 valence electrons. The van der Waals surface area contributed by atoms with Gasteiger partial charge in [-0.1, -0.05) is 20.8 Å². The van der Waals surface area contributed by atoms with Crippen LogP contribution < -0.4 is 9.33 Å². The van der Waals surface area contributed by atoms with Crippen molar-refractivity contribution in [3.63, 3.8) is 0 Å². The number of anilines is 1. The number of rotatable bonds is 3. The molecule has 0 aliphatic carbocycles. The van der Waals surface area contributed by atoms with Gasteiger partial charge in [0.15, 0.2) is 0 Å². The lowest BCUT2D eigenvalue weighted by Gasteiger charge is -2.36. The molecule has 0 radical (unpaired) electrons. The summed E-state index contributed by atoms with van der Waals surface area (Å²) in [4.78, 5) is 2.40. The van der Waals surface area contributed by atoms with E-state index >= 15 is 0 Å². The van der Waals surface area contributed by atoms with Gasteiger partial charge in [0.25, 0.3) is 8.32 Å². The van der Waals surface area contributed by atoms with Crippen molar-refractivity contribution < 1.29 is 9.16 Å². The Morgan fingerprint density at radius 2 is 1.76 bits per heavy atom. The molecule has 2 aromatic rings. The van der Waals surface area contributed by atoms with Crippen molar-refractivity contribution in [2.45, 2.75) is 45.8 Å². The summed E-state index contributed by atoms with van der Waals surface area (Å²) >= 11 is 0. The number of fused-ring (bicyclic) bond motifs is 1. The second-order valence-electron chi connectivity index (χ2n) is 8.64. The van der Waals surface area contributed by atoms with E-state index in [-0.39, 0.29) is 5.04 Å². The largest absolute Gasteiger partial charge is 0.542 e. The summed E-state index contributed by atoms with van der Waals surface area (Å²) in [5, 5.41) is 1.41. The molecule has 0 N–H and O–H groups in total. The van der Waals surface area contributed by atoms with Gasteiger partial charge in [0.2, 0.25) is 0 Å². The summed E-state index contributed by atoms with van der Waals surface area (Å²) in [6, 6.07) is 6.75. The molecule has 1 aromatic carbocycles. The molecule has 4 nitrogen and oxygen atoms in total. The van der Waals surface area contributed by atoms with Crippen LogP contribution in [0.2, 0.25) is 18.1 Å². The Bertz CT molecular complexity index is 768. The van der Waals surface area contributed by atoms with Crippen molar-refractivity contribution in [1.82, 2.24) is 4.57 Å². The van der Waals surface area contributed by atoms with Crippen molar-refractivity contribution >= 4 is 24.9 Å². The first-order chi connectivity index (χ1) is 11.6. The molecule has 1 aliphatic heterocycles. The van der Waals surface area contributed by atoms with E-state index in [1.165, 1.54) is 22.3 Å². The summed E-state index contributed by atoms with van der Waals surface area (Å²) < 4.78 is 14.5. The van der Waals surface area contributed by atoms with Gasteiger partial charge in [-0.3, -0.25) is 0 Å². The van der Waals surface area contributed by atoms with Crippen LogP contribution in [0, 0.1) is 6.92 Å². The molecule has 0 bridgehead atoms. The fraction of sp³-hybridized carbons (Fsp3) is 0.600. The maximum Gasteiger partial charge on any atom is 0.250 e. The maximum atomic E-state index is 6.75. The lowest BCUT2D eigenvalue weighted by molar-refractivity contribution is 0.122. The van der Waals surface area contributed by atoms with Gasteiger partial charge >= 0.3 is 0 Å². The van der Waals surface area contributed by atoms with E-state index in [0.29, 0.717) is 0 Å². The Hall–Kier alpha value is -1.46. The van der Waals surface area contributed by atoms with E-state index in [0.717, 1.165) is 32.1 Å². The highest BCUT2D eigenvalue weighted by Crippen LogP contribution is 2.42. The normalized spacial score (nSPS) is 16.5. The van der Waals surface area contributed by atoms with Crippen LogP contribution in [0.25, 0.3) is 10.9 Å². The predicted octanol–water partition coefficient (Wildman–Crippen LogP) is 4.71. The Balaban J connectivity index is 2.06. The summed E-state index contributed by atoms with van der Waals surface area (Å²) in [7, 11) is 0.245. The van der Waals surface area contributed by atoms with Gasteiger partial charge in [0, 0.05) is 31.2 Å².